The number of aromatic nitrogens is 1. The molecule has 2 unspecified atom stereocenters. The first kappa shape index (κ1) is 28.1. The van der Waals surface area contributed by atoms with E-state index in [-0.39, 0.29) is 29.8 Å². The molecule has 1 fully saturated rings. The largest absolute Gasteiger partial charge is 0.748 e. The van der Waals surface area contributed by atoms with Crippen LogP contribution in [0.3, 0.4) is 0 Å². The minimum Gasteiger partial charge on any atom is -0.748 e. The van der Waals surface area contributed by atoms with E-state index in [1.54, 1.807) is 53.1 Å². The second-order valence-corrected chi connectivity index (χ2v) is 13.3. The molecule has 10 nitrogen and oxygen atoms in total. The SMILES string of the molecule is CCC(=Cc1oc2ccc(Cl)cc2[n+]1CCCS(=O)(=O)[O-])C=C1Oc2ccc(Cl)cc2[N+]12CCC2S(=O)(=O)[O-]. The van der Waals surface area contributed by atoms with Gasteiger partial charge in [-0.3, -0.25) is 0 Å². The maximum absolute atomic E-state index is 12.2. The summed E-state index contributed by atoms with van der Waals surface area (Å²) >= 11 is 12.4. The Bertz CT molecular complexity index is 1750. The highest BCUT2D eigenvalue weighted by Gasteiger charge is 2.61. The van der Waals surface area contributed by atoms with E-state index in [9.17, 15) is 25.9 Å². The molecule has 3 aromatic rings. The van der Waals surface area contributed by atoms with Crippen LogP contribution in [0.2, 0.25) is 10.0 Å². The molecule has 0 aliphatic carbocycles. The van der Waals surface area contributed by atoms with Gasteiger partial charge in [0, 0.05) is 40.4 Å². The third-order valence-corrected chi connectivity index (χ3v) is 9.53. The van der Waals surface area contributed by atoms with Crippen molar-refractivity contribution in [1.82, 2.24) is 4.48 Å². The Kier molecular flexibility index (Phi) is 7.34. The molecule has 2 aliphatic rings. The highest BCUT2D eigenvalue weighted by molar-refractivity contribution is 7.86. The Morgan fingerprint density at radius 1 is 1.13 bits per heavy atom. The van der Waals surface area contributed by atoms with Crippen LogP contribution in [0.4, 0.5) is 5.69 Å². The van der Waals surface area contributed by atoms with E-state index in [1.807, 2.05) is 6.92 Å². The van der Waals surface area contributed by atoms with E-state index >= 15 is 0 Å². The van der Waals surface area contributed by atoms with Crippen LogP contribution in [0.15, 0.2) is 58.3 Å². The molecule has 0 N–H and O–H groups in total. The number of allylic oxidation sites excluding steroid dienone is 2. The zero-order valence-electron chi connectivity index (χ0n) is 20.7. The fourth-order valence-electron chi connectivity index (χ4n) is 5.11. The number of oxazole rings is 1. The van der Waals surface area contributed by atoms with Crippen molar-refractivity contribution in [1.29, 1.82) is 0 Å². The Balaban J connectivity index is 1.60. The summed E-state index contributed by atoms with van der Waals surface area (Å²) < 4.78 is 83.7. The third kappa shape index (κ3) is 5.34. The maximum atomic E-state index is 12.2. The first-order chi connectivity index (χ1) is 18.3. The lowest BCUT2D eigenvalue weighted by atomic mass is 10.1. The van der Waals surface area contributed by atoms with Gasteiger partial charge in [-0.25, -0.2) is 21.3 Å². The van der Waals surface area contributed by atoms with Crippen LogP contribution in [0, 0.1) is 0 Å². The van der Waals surface area contributed by atoms with Crippen molar-refractivity contribution in [3.63, 3.8) is 0 Å². The van der Waals surface area contributed by atoms with E-state index in [0.717, 1.165) is 0 Å². The summed E-state index contributed by atoms with van der Waals surface area (Å²) in [6, 6.07) is 9.91. The van der Waals surface area contributed by atoms with Gasteiger partial charge in [0.05, 0.1) is 29.2 Å². The molecule has 1 aromatic heterocycles. The number of aryl methyl sites for hydroxylation is 1. The molecule has 0 saturated carbocycles. The molecule has 2 aliphatic heterocycles. The maximum Gasteiger partial charge on any atom is 0.374 e. The fourth-order valence-corrected chi connectivity index (χ4v) is 7.08. The zero-order chi connectivity index (χ0) is 28.2. The number of halogens is 2. The Hall–Kier alpha value is -2.45. The van der Waals surface area contributed by atoms with Crippen molar-refractivity contribution >= 4 is 66.3 Å². The number of ether oxygens (including phenoxy) is 1. The van der Waals surface area contributed by atoms with Gasteiger partial charge in [0.2, 0.25) is 5.58 Å². The normalized spacial score (nSPS) is 22.3. The highest BCUT2D eigenvalue weighted by Crippen LogP contribution is 2.53. The standard InChI is InChI=1S/C25H24Cl2N2O8S2/c1-2-16(12-23-28(9-3-11-38(30,31)32)19-14-17(26)4-6-21(19)36-23)13-24-29(10-8-25(29)39(33,34)35)20-15-18(27)5-7-22(20)37-24/h4-7,12-15,25H,2-3,8-11H2,1H3. The smallest absolute Gasteiger partial charge is 0.374 e. The van der Waals surface area contributed by atoms with E-state index < -0.39 is 31.4 Å². The van der Waals surface area contributed by atoms with E-state index in [1.165, 1.54) is 0 Å². The number of quaternary nitrogens is 1. The third-order valence-electron chi connectivity index (χ3n) is 7.01. The van der Waals surface area contributed by atoms with Crippen molar-refractivity contribution in [3.8, 4) is 5.75 Å². The molecule has 1 spiro atoms. The van der Waals surface area contributed by atoms with Gasteiger partial charge in [0.15, 0.2) is 33.5 Å². The second kappa shape index (κ2) is 10.2. The fraction of sp³-hybridized carbons (Fsp3) is 0.320. The summed E-state index contributed by atoms with van der Waals surface area (Å²) in [6.07, 6.45) is 4.13. The lowest BCUT2D eigenvalue weighted by molar-refractivity contribution is -0.677. The first-order valence-corrected chi connectivity index (χ1v) is 15.9. The molecule has 2 aromatic carbocycles. The second-order valence-electron chi connectivity index (χ2n) is 9.42. The minimum atomic E-state index is -4.67. The number of rotatable bonds is 8. The molecular weight excluding hydrogens is 591 g/mol. The van der Waals surface area contributed by atoms with Gasteiger partial charge in [0.1, 0.15) is 0 Å². The first-order valence-electron chi connectivity index (χ1n) is 12.1. The monoisotopic (exact) mass is 614 g/mol. The number of fused-ring (bicyclic) bond motifs is 3. The van der Waals surface area contributed by atoms with Crippen LogP contribution in [0.1, 0.15) is 32.1 Å². The number of hydrogen-bond acceptors (Lipinski definition) is 8. The van der Waals surface area contributed by atoms with Crippen LogP contribution in [0.5, 0.6) is 5.75 Å². The topological polar surface area (TPSA) is 141 Å². The lowest BCUT2D eigenvalue weighted by Crippen LogP contribution is -2.67. The molecule has 0 bridgehead atoms. The molecule has 5 rings (SSSR count). The Morgan fingerprint density at radius 3 is 2.49 bits per heavy atom. The van der Waals surface area contributed by atoms with Crippen molar-refractivity contribution in [3.05, 3.63) is 69.9 Å². The molecular formula is C25H24Cl2N2O8S2. The predicted molar refractivity (Wildman–Crippen MR) is 144 cm³/mol. The van der Waals surface area contributed by atoms with Gasteiger partial charge in [-0.2, -0.15) is 4.57 Å². The number of benzene rings is 2. The molecule has 0 radical (unpaired) electrons. The Morgan fingerprint density at radius 2 is 1.85 bits per heavy atom. The average molecular weight is 616 g/mol. The van der Waals surface area contributed by atoms with Crippen molar-refractivity contribution in [2.24, 2.45) is 0 Å². The minimum absolute atomic E-state index is 0.0588. The summed E-state index contributed by atoms with van der Waals surface area (Å²) in [5, 5.41) is -0.418. The van der Waals surface area contributed by atoms with Crippen LogP contribution in [0.25, 0.3) is 17.2 Å². The van der Waals surface area contributed by atoms with Crippen LogP contribution in [-0.4, -0.2) is 43.6 Å². The highest BCUT2D eigenvalue weighted by atomic mass is 35.5. The van der Waals surface area contributed by atoms with Crippen molar-refractivity contribution in [2.45, 2.75) is 38.1 Å². The van der Waals surface area contributed by atoms with E-state index in [2.05, 4.69) is 0 Å². The van der Waals surface area contributed by atoms with Crippen LogP contribution < -0.4 is 13.8 Å². The van der Waals surface area contributed by atoms with Gasteiger partial charge < -0.3 is 18.3 Å². The molecule has 39 heavy (non-hydrogen) atoms. The quantitative estimate of drug-likeness (QED) is 0.208. The number of nitrogens with zero attached hydrogens (tertiary/aromatic N) is 2. The van der Waals surface area contributed by atoms with Crippen molar-refractivity contribution in [2.75, 3.05) is 12.3 Å². The van der Waals surface area contributed by atoms with Gasteiger partial charge in [-0.15, -0.1) is 0 Å². The molecule has 1 saturated heterocycles. The molecule has 14 heteroatoms. The van der Waals surface area contributed by atoms with E-state index in [4.69, 9.17) is 32.4 Å². The molecule has 2 atom stereocenters. The summed E-state index contributed by atoms with van der Waals surface area (Å²) in [7, 11) is -9.07. The van der Waals surface area contributed by atoms with Gasteiger partial charge in [-0.1, -0.05) is 30.1 Å². The predicted octanol–water partition coefficient (Wildman–Crippen LogP) is 4.27. The molecule has 3 heterocycles. The van der Waals surface area contributed by atoms with Crippen LogP contribution in [-0.2, 0) is 26.8 Å². The van der Waals surface area contributed by atoms with Gasteiger partial charge in [-0.05, 0) is 36.3 Å². The van der Waals surface area contributed by atoms with Crippen LogP contribution >= 0.6 is 23.2 Å². The average Bonchev–Trinajstić information content (AvgIpc) is 3.31. The zero-order valence-corrected chi connectivity index (χ0v) is 23.8. The number of hydrogen-bond donors (Lipinski definition) is 0. The summed E-state index contributed by atoms with van der Waals surface area (Å²) in [4.78, 5) is 0. The van der Waals surface area contributed by atoms with E-state index in [0.29, 0.717) is 57.0 Å². The molecule has 208 valence electrons. The van der Waals surface area contributed by atoms with Gasteiger partial charge >= 0.3 is 11.8 Å². The Labute approximate surface area is 235 Å². The van der Waals surface area contributed by atoms with Gasteiger partial charge in [0.25, 0.3) is 5.52 Å². The summed E-state index contributed by atoms with van der Waals surface area (Å²) in [5.74, 6) is 0.521. The molecule has 0 amide bonds. The van der Waals surface area contributed by atoms with Crippen molar-refractivity contribution < 1.29 is 39.7 Å². The summed E-state index contributed by atoms with van der Waals surface area (Å²) in [6.45, 7) is 2.40. The lowest BCUT2D eigenvalue weighted by Gasteiger charge is -2.47. The summed E-state index contributed by atoms with van der Waals surface area (Å²) in [5.41, 5.74) is 2.31.